The van der Waals surface area contributed by atoms with Gasteiger partial charge in [0.2, 0.25) is 0 Å². The molecule has 2 aromatic rings. The molecule has 9 heteroatoms. The molecule has 0 bridgehead atoms. The van der Waals surface area contributed by atoms with Crippen LogP contribution in [0.5, 0.6) is 0 Å². The normalized spacial score (nSPS) is 11.3. The molecule has 5 nitrogen and oxygen atoms in total. The Morgan fingerprint density at radius 2 is 2.00 bits per heavy atom. The minimum Gasteiger partial charge on any atom is -0.262 e. The second-order valence-corrected chi connectivity index (χ2v) is 6.30. The number of hydrogen-bond acceptors (Lipinski definition) is 4. The summed E-state index contributed by atoms with van der Waals surface area (Å²) in [5.74, 6) is -0.956. The summed E-state index contributed by atoms with van der Waals surface area (Å²) in [4.78, 5) is 7.08. The molecule has 0 amide bonds. The summed E-state index contributed by atoms with van der Waals surface area (Å²) in [6, 6.07) is 3.28. The zero-order chi connectivity index (χ0) is 14.0. The van der Waals surface area contributed by atoms with Crippen LogP contribution in [0.3, 0.4) is 0 Å². The van der Waals surface area contributed by atoms with Crippen LogP contribution in [-0.4, -0.2) is 18.4 Å². The van der Waals surface area contributed by atoms with Gasteiger partial charge in [-0.15, -0.1) is 0 Å². The monoisotopic (exact) mass is 365 g/mol. The van der Waals surface area contributed by atoms with Gasteiger partial charge in [0.05, 0.1) is 12.4 Å². The molecule has 0 saturated carbocycles. The van der Waals surface area contributed by atoms with Crippen LogP contribution in [0.25, 0.3) is 0 Å². The quantitative estimate of drug-likeness (QED) is 0.906. The zero-order valence-corrected chi connectivity index (χ0v) is 12.3. The lowest BCUT2D eigenvalue weighted by atomic mass is 10.3. The Morgan fingerprint density at radius 3 is 2.58 bits per heavy atom. The molecule has 0 aliphatic carbocycles. The van der Waals surface area contributed by atoms with Crippen LogP contribution >= 0.6 is 27.5 Å². The number of nitrogens with zero attached hydrogens (tertiary/aromatic N) is 2. The Balaban J connectivity index is 2.35. The Labute approximate surface area is 122 Å². The molecule has 0 atom stereocenters. The highest BCUT2D eigenvalue weighted by molar-refractivity contribution is 9.10. The Hall–Kier alpha value is -1.25. The van der Waals surface area contributed by atoms with Crippen molar-refractivity contribution in [1.29, 1.82) is 0 Å². The van der Waals surface area contributed by atoms with E-state index in [-0.39, 0.29) is 10.8 Å². The fourth-order valence-corrected chi connectivity index (χ4v) is 2.67. The van der Waals surface area contributed by atoms with Crippen molar-refractivity contribution in [1.82, 2.24) is 9.97 Å². The summed E-state index contributed by atoms with van der Waals surface area (Å²) >= 11 is 8.63. The molecule has 1 aromatic carbocycles. The van der Waals surface area contributed by atoms with Gasteiger partial charge >= 0.3 is 0 Å². The van der Waals surface area contributed by atoms with Gasteiger partial charge in [-0.3, -0.25) is 4.72 Å². The van der Waals surface area contributed by atoms with E-state index in [1.54, 1.807) is 0 Å². The summed E-state index contributed by atoms with van der Waals surface area (Å²) < 4.78 is 40.0. The molecule has 1 aromatic heterocycles. The lowest BCUT2D eigenvalue weighted by Gasteiger charge is -2.07. The van der Waals surface area contributed by atoms with Crippen LogP contribution in [0, 0.1) is 5.82 Å². The standard InChI is InChI=1S/C10H6BrClFN3O2S/c11-9-4-15-10(5-14-9)16-19(17,18)8-2-1-6(12)3-7(8)13/h1-5H,(H,15,16). The molecule has 2 rings (SSSR count). The predicted octanol–water partition coefficient (Wildman–Crippen LogP) is 2.83. The smallest absolute Gasteiger partial charge is 0.262 e. The molecule has 1 heterocycles. The Kier molecular flexibility index (Phi) is 4.02. The predicted molar refractivity (Wildman–Crippen MR) is 72.0 cm³/mol. The number of nitrogens with one attached hydrogen (secondary N) is 1. The van der Waals surface area contributed by atoms with Gasteiger partial charge in [-0.05, 0) is 34.1 Å². The first-order chi connectivity index (χ1) is 8.88. The maximum absolute atomic E-state index is 13.6. The van der Waals surface area contributed by atoms with E-state index < -0.39 is 20.7 Å². The molecular formula is C10H6BrClFN3O2S. The number of benzene rings is 1. The van der Waals surface area contributed by atoms with E-state index in [0.29, 0.717) is 4.60 Å². The van der Waals surface area contributed by atoms with Crippen molar-refractivity contribution < 1.29 is 12.8 Å². The highest BCUT2D eigenvalue weighted by atomic mass is 79.9. The summed E-state index contributed by atoms with van der Waals surface area (Å²) in [7, 11) is -4.08. The van der Waals surface area contributed by atoms with Gasteiger partial charge in [0.25, 0.3) is 10.0 Å². The maximum Gasteiger partial charge on any atom is 0.266 e. The number of sulfonamides is 1. The molecular weight excluding hydrogens is 361 g/mol. The van der Waals surface area contributed by atoms with E-state index in [1.807, 2.05) is 0 Å². The molecule has 100 valence electrons. The molecule has 0 saturated heterocycles. The van der Waals surface area contributed by atoms with Crippen molar-refractivity contribution in [3.8, 4) is 0 Å². The fourth-order valence-electron chi connectivity index (χ4n) is 1.25. The number of anilines is 1. The second kappa shape index (κ2) is 5.40. The van der Waals surface area contributed by atoms with Crippen LogP contribution in [0.4, 0.5) is 10.2 Å². The molecule has 0 fully saturated rings. The first-order valence-electron chi connectivity index (χ1n) is 4.84. The molecule has 1 N–H and O–H groups in total. The van der Waals surface area contributed by atoms with E-state index in [1.165, 1.54) is 18.5 Å². The van der Waals surface area contributed by atoms with Crippen molar-refractivity contribution >= 4 is 43.4 Å². The number of rotatable bonds is 3. The van der Waals surface area contributed by atoms with Gasteiger partial charge in [0.15, 0.2) is 5.82 Å². The molecule has 19 heavy (non-hydrogen) atoms. The van der Waals surface area contributed by atoms with Crippen LogP contribution in [0.1, 0.15) is 0 Å². The van der Waals surface area contributed by atoms with E-state index >= 15 is 0 Å². The van der Waals surface area contributed by atoms with E-state index in [2.05, 4.69) is 30.6 Å². The second-order valence-electron chi connectivity index (χ2n) is 3.40. The number of aromatic nitrogens is 2. The highest BCUT2D eigenvalue weighted by Crippen LogP contribution is 2.21. The third-order valence-corrected chi connectivity index (χ3v) is 4.08. The van der Waals surface area contributed by atoms with Gasteiger partial charge in [-0.25, -0.2) is 22.8 Å². The van der Waals surface area contributed by atoms with Gasteiger partial charge in [0, 0.05) is 5.02 Å². The largest absolute Gasteiger partial charge is 0.266 e. The van der Waals surface area contributed by atoms with Crippen molar-refractivity contribution in [3.05, 3.63) is 46.0 Å². The molecule has 0 radical (unpaired) electrons. The molecule has 0 aliphatic rings. The Morgan fingerprint density at radius 1 is 1.26 bits per heavy atom. The lowest BCUT2D eigenvalue weighted by molar-refractivity contribution is 0.570. The van der Waals surface area contributed by atoms with Crippen molar-refractivity contribution in [2.45, 2.75) is 4.90 Å². The van der Waals surface area contributed by atoms with Gasteiger partial charge < -0.3 is 0 Å². The summed E-state index contributed by atoms with van der Waals surface area (Å²) in [5, 5.41) is 0.111. The van der Waals surface area contributed by atoms with Crippen LogP contribution in [0.2, 0.25) is 5.02 Å². The van der Waals surface area contributed by atoms with Gasteiger partial charge in [-0.2, -0.15) is 0 Å². The minimum absolute atomic E-state index is 0.0162. The zero-order valence-electron chi connectivity index (χ0n) is 9.14. The first kappa shape index (κ1) is 14.2. The molecule has 0 aliphatic heterocycles. The van der Waals surface area contributed by atoms with Crippen molar-refractivity contribution in [2.24, 2.45) is 0 Å². The van der Waals surface area contributed by atoms with Crippen LogP contribution < -0.4 is 4.72 Å². The van der Waals surface area contributed by atoms with E-state index in [0.717, 1.165) is 12.1 Å². The molecule has 0 unspecified atom stereocenters. The van der Waals surface area contributed by atoms with Crippen molar-refractivity contribution in [2.75, 3.05) is 4.72 Å². The summed E-state index contributed by atoms with van der Waals surface area (Å²) in [6.45, 7) is 0. The first-order valence-corrected chi connectivity index (χ1v) is 7.49. The lowest BCUT2D eigenvalue weighted by Crippen LogP contribution is -2.15. The SMILES string of the molecule is O=S(=O)(Nc1cnc(Br)cn1)c1ccc(Cl)cc1F. The van der Waals surface area contributed by atoms with Gasteiger partial charge in [0.1, 0.15) is 15.3 Å². The van der Waals surface area contributed by atoms with Crippen LogP contribution in [-0.2, 0) is 10.0 Å². The van der Waals surface area contributed by atoms with E-state index in [9.17, 15) is 12.8 Å². The minimum atomic E-state index is -4.08. The van der Waals surface area contributed by atoms with E-state index in [4.69, 9.17) is 11.6 Å². The number of halogens is 3. The average molecular weight is 367 g/mol. The average Bonchev–Trinajstić information content (AvgIpc) is 2.31. The van der Waals surface area contributed by atoms with Gasteiger partial charge in [-0.1, -0.05) is 11.6 Å². The van der Waals surface area contributed by atoms with Crippen LogP contribution in [0.15, 0.2) is 40.1 Å². The fraction of sp³-hybridized carbons (Fsp3) is 0. The summed E-state index contributed by atoms with van der Waals surface area (Å²) in [6.07, 6.45) is 2.52. The topological polar surface area (TPSA) is 72.0 Å². The molecule has 0 spiro atoms. The third-order valence-electron chi connectivity index (χ3n) is 2.04. The highest BCUT2D eigenvalue weighted by Gasteiger charge is 2.19. The summed E-state index contributed by atoms with van der Waals surface area (Å²) in [5.41, 5.74) is 0. The van der Waals surface area contributed by atoms with Crippen molar-refractivity contribution in [3.63, 3.8) is 0 Å². The maximum atomic E-state index is 13.6. The third kappa shape index (κ3) is 3.40. The number of hydrogen-bond donors (Lipinski definition) is 1. The Bertz CT molecular complexity index is 709.